The van der Waals surface area contributed by atoms with Crippen molar-refractivity contribution in [3.8, 4) is 0 Å². The number of ether oxygens (including phenoxy) is 1. The zero-order valence-electron chi connectivity index (χ0n) is 19.6. The molecule has 4 nitrogen and oxygen atoms in total. The highest BCUT2D eigenvalue weighted by atomic mass is 16.5. The minimum absolute atomic E-state index is 0.117. The molecule has 1 amide bonds. The van der Waals surface area contributed by atoms with Crippen molar-refractivity contribution in [3.63, 3.8) is 0 Å². The molecule has 0 N–H and O–H groups in total. The number of nitrogens with zero attached hydrogens (tertiary/aromatic N) is 2. The zero-order valence-corrected chi connectivity index (χ0v) is 19.6. The van der Waals surface area contributed by atoms with Gasteiger partial charge in [-0.2, -0.15) is 0 Å². The Hall–Kier alpha value is -2.69. The van der Waals surface area contributed by atoms with Crippen LogP contribution in [0.1, 0.15) is 34.3 Å². The fraction of sp³-hybridized carbons (Fsp3) is 0.414. The van der Waals surface area contributed by atoms with Gasteiger partial charge in [0.15, 0.2) is 0 Å². The lowest BCUT2D eigenvalue weighted by molar-refractivity contribution is 0.0598. The summed E-state index contributed by atoms with van der Waals surface area (Å²) < 4.78 is 5.33. The van der Waals surface area contributed by atoms with Crippen LogP contribution >= 0.6 is 0 Å². The second-order valence-electron chi connectivity index (χ2n) is 9.62. The first kappa shape index (κ1) is 22.1. The molecule has 3 aromatic rings. The molecule has 0 saturated carbocycles. The summed E-state index contributed by atoms with van der Waals surface area (Å²) in [6.45, 7) is 4.28. The maximum Gasteiger partial charge on any atom is 0.253 e. The van der Waals surface area contributed by atoms with Crippen LogP contribution in [0.5, 0.6) is 0 Å². The third-order valence-electron chi connectivity index (χ3n) is 7.52. The first-order chi connectivity index (χ1) is 16.2. The number of carbonyl (C=O) groups excluding carboxylic acids is 1. The van der Waals surface area contributed by atoms with Gasteiger partial charge in [-0.3, -0.25) is 9.69 Å². The van der Waals surface area contributed by atoms with E-state index in [9.17, 15) is 4.79 Å². The number of amides is 1. The normalized spacial score (nSPS) is 17.4. The first-order valence-corrected chi connectivity index (χ1v) is 12.3. The summed E-state index contributed by atoms with van der Waals surface area (Å²) in [6, 6.07) is 23.8. The van der Waals surface area contributed by atoms with E-state index in [0.29, 0.717) is 25.1 Å². The van der Waals surface area contributed by atoms with E-state index in [2.05, 4.69) is 47.4 Å². The molecule has 1 aliphatic carbocycles. The lowest BCUT2D eigenvalue weighted by Crippen LogP contribution is -2.45. The molecular formula is C29H34N2O2. The van der Waals surface area contributed by atoms with Crippen molar-refractivity contribution in [2.24, 2.45) is 5.92 Å². The highest BCUT2D eigenvalue weighted by Gasteiger charge is 2.31. The van der Waals surface area contributed by atoms with E-state index in [1.165, 1.54) is 29.4 Å². The molecule has 0 aromatic heterocycles. The monoisotopic (exact) mass is 442 g/mol. The molecule has 1 saturated heterocycles. The van der Waals surface area contributed by atoms with Gasteiger partial charge in [-0.25, -0.2) is 0 Å². The van der Waals surface area contributed by atoms with Crippen LogP contribution in [0.4, 0.5) is 0 Å². The second kappa shape index (κ2) is 10.1. The second-order valence-corrected chi connectivity index (χ2v) is 9.62. The van der Waals surface area contributed by atoms with Crippen LogP contribution in [-0.4, -0.2) is 61.6 Å². The maximum absolute atomic E-state index is 13.4. The van der Waals surface area contributed by atoms with E-state index in [0.717, 1.165) is 43.4 Å². The highest BCUT2D eigenvalue weighted by molar-refractivity contribution is 5.98. The van der Waals surface area contributed by atoms with Gasteiger partial charge in [0.25, 0.3) is 5.91 Å². The maximum atomic E-state index is 13.4. The van der Waals surface area contributed by atoms with Crippen LogP contribution in [0.3, 0.4) is 0 Å². The third-order valence-corrected chi connectivity index (χ3v) is 7.52. The molecule has 5 rings (SSSR count). The molecule has 0 unspecified atom stereocenters. The van der Waals surface area contributed by atoms with E-state index in [1.807, 2.05) is 29.2 Å². The minimum Gasteiger partial charge on any atom is -0.383 e. The predicted molar refractivity (Wildman–Crippen MR) is 134 cm³/mol. The Kier molecular flexibility index (Phi) is 6.75. The third kappa shape index (κ3) is 4.97. The van der Waals surface area contributed by atoms with Crippen LogP contribution in [0.15, 0.2) is 66.7 Å². The molecule has 0 radical (unpaired) electrons. The molecule has 3 aromatic carbocycles. The van der Waals surface area contributed by atoms with Crippen LogP contribution < -0.4 is 0 Å². The summed E-state index contributed by atoms with van der Waals surface area (Å²) in [5, 5.41) is 2.28. The molecule has 2 aliphatic rings. The van der Waals surface area contributed by atoms with Crippen molar-refractivity contribution < 1.29 is 9.53 Å². The van der Waals surface area contributed by atoms with Gasteiger partial charge in [0.05, 0.1) is 6.61 Å². The fourth-order valence-corrected chi connectivity index (χ4v) is 5.59. The van der Waals surface area contributed by atoms with Gasteiger partial charge in [-0.1, -0.05) is 54.6 Å². The summed E-state index contributed by atoms with van der Waals surface area (Å²) in [5.74, 6) is 0.665. The summed E-state index contributed by atoms with van der Waals surface area (Å²) in [5.41, 5.74) is 3.82. The SMILES string of the molecule is COCCN(CC1CCN(C2Cc3ccccc3C2)CC1)C(=O)c1ccc2ccccc2c1. The van der Waals surface area contributed by atoms with Crippen LogP contribution in [0, 0.1) is 5.92 Å². The predicted octanol–water partition coefficient (Wildman–Crippen LogP) is 4.81. The molecule has 1 fully saturated rings. The van der Waals surface area contributed by atoms with Crippen molar-refractivity contribution in [1.29, 1.82) is 0 Å². The smallest absolute Gasteiger partial charge is 0.253 e. The van der Waals surface area contributed by atoms with Crippen LogP contribution in [0.2, 0.25) is 0 Å². The van der Waals surface area contributed by atoms with Crippen LogP contribution in [-0.2, 0) is 17.6 Å². The Bertz CT molecular complexity index is 1080. The number of methoxy groups -OCH3 is 1. The lowest BCUT2D eigenvalue weighted by atomic mass is 9.94. The quantitative estimate of drug-likeness (QED) is 0.527. The van der Waals surface area contributed by atoms with Crippen LogP contribution in [0.25, 0.3) is 10.8 Å². The van der Waals surface area contributed by atoms with Gasteiger partial charge in [0.2, 0.25) is 0 Å². The molecule has 33 heavy (non-hydrogen) atoms. The average molecular weight is 443 g/mol. The Morgan fingerprint density at radius 1 is 0.939 bits per heavy atom. The topological polar surface area (TPSA) is 32.8 Å². The van der Waals surface area contributed by atoms with Gasteiger partial charge in [0.1, 0.15) is 0 Å². The van der Waals surface area contributed by atoms with Gasteiger partial charge in [-0.05, 0) is 78.7 Å². The summed E-state index contributed by atoms with van der Waals surface area (Å²) in [4.78, 5) is 18.1. The molecule has 0 bridgehead atoms. The Balaban J connectivity index is 1.21. The molecule has 4 heteroatoms. The van der Waals surface area contributed by atoms with E-state index in [1.54, 1.807) is 7.11 Å². The molecular weight excluding hydrogens is 408 g/mol. The average Bonchev–Trinajstić information content (AvgIpc) is 3.30. The lowest BCUT2D eigenvalue weighted by Gasteiger charge is -2.38. The van der Waals surface area contributed by atoms with E-state index >= 15 is 0 Å². The molecule has 0 atom stereocenters. The number of hydrogen-bond donors (Lipinski definition) is 0. The number of piperidine rings is 1. The first-order valence-electron chi connectivity index (χ1n) is 12.3. The standard InChI is InChI=1S/C29H34N2O2/c1-33-17-16-31(29(32)27-11-10-23-6-2-3-7-24(23)18-27)21-22-12-14-30(15-13-22)28-19-25-8-4-5-9-26(25)20-28/h2-11,18,22,28H,12-17,19-21H2,1H3. The van der Waals surface area contributed by atoms with Gasteiger partial charge in [0, 0.05) is 31.8 Å². The summed E-state index contributed by atoms with van der Waals surface area (Å²) in [6.07, 6.45) is 4.67. The number of rotatable bonds is 7. The number of benzene rings is 3. The summed E-state index contributed by atoms with van der Waals surface area (Å²) in [7, 11) is 1.71. The molecule has 1 aliphatic heterocycles. The van der Waals surface area contributed by atoms with Crippen molar-refractivity contribution in [2.45, 2.75) is 31.7 Å². The minimum atomic E-state index is 0.117. The fourth-order valence-electron chi connectivity index (χ4n) is 5.59. The number of fused-ring (bicyclic) bond motifs is 2. The Labute approximate surface area is 197 Å². The highest BCUT2D eigenvalue weighted by Crippen LogP contribution is 2.29. The van der Waals surface area contributed by atoms with Crippen molar-refractivity contribution in [2.75, 3.05) is 39.9 Å². The van der Waals surface area contributed by atoms with E-state index < -0.39 is 0 Å². The Morgan fingerprint density at radius 3 is 2.30 bits per heavy atom. The molecule has 0 spiro atoms. The Morgan fingerprint density at radius 2 is 1.61 bits per heavy atom. The van der Waals surface area contributed by atoms with Crippen molar-refractivity contribution in [3.05, 3.63) is 83.4 Å². The van der Waals surface area contributed by atoms with Gasteiger partial charge in [-0.15, -0.1) is 0 Å². The zero-order chi connectivity index (χ0) is 22.6. The van der Waals surface area contributed by atoms with Crippen molar-refractivity contribution >= 4 is 16.7 Å². The molecule has 1 heterocycles. The van der Waals surface area contributed by atoms with Gasteiger partial charge >= 0.3 is 0 Å². The largest absolute Gasteiger partial charge is 0.383 e. The number of hydrogen-bond acceptors (Lipinski definition) is 3. The summed E-state index contributed by atoms with van der Waals surface area (Å²) >= 11 is 0. The molecule has 172 valence electrons. The van der Waals surface area contributed by atoms with Gasteiger partial charge < -0.3 is 9.64 Å². The van der Waals surface area contributed by atoms with Crippen molar-refractivity contribution in [1.82, 2.24) is 9.80 Å². The number of carbonyl (C=O) groups is 1. The number of likely N-dealkylation sites (tertiary alicyclic amines) is 1. The van der Waals surface area contributed by atoms with E-state index in [-0.39, 0.29) is 5.91 Å². The van der Waals surface area contributed by atoms with E-state index in [4.69, 9.17) is 4.74 Å².